The van der Waals surface area contributed by atoms with E-state index in [4.69, 9.17) is 9.84 Å². The van der Waals surface area contributed by atoms with Crippen LogP contribution in [0.4, 0.5) is 0 Å². The van der Waals surface area contributed by atoms with Crippen LogP contribution in [0.1, 0.15) is 18.1 Å². The van der Waals surface area contributed by atoms with Gasteiger partial charge < -0.3 is 9.84 Å². The summed E-state index contributed by atoms with van der Waals surface area (Å²) in [5.41, 5.74) is 1.44. The van der Waals surface area contributed by atoms with Crippen molar-refractivity contribution in [1.82, 2.24) is 4.98 Å². The van der Waals surface area contributed by atoms with Crippen molar-refractivity contribution in [2.45, 2.75) is 25.7 Å². The number of methoxy groups -OCH3 is 1. The van der Waals surface area contributed by atoms with Gasteiger partial charge in [0.1, 0.15) is 0 Å². The van der Waals surface area contributed by atoms with Gasteiger partial charge in [-0.3, -0.25) is 0 Å². The predicted molar refractivity (Wildman–Crippen MR) is 64.7 cm³/mol. The van der Waals surface area contributed by atoms with E-state index in [1.165, 1.54) is 20.2 Å². The van der Waals surface area contributed by atoms with Gasteiger partial charge in [-0.05, 0) is 25.0 Å². The Hall–Kier alpha value is -1.14. The van der Waals surface area contributed by atoms with Gasteiger partial charge >= 0.3 is 0 Å². The van der Waals surface area contributed by atoms with Crippen LogP contribution in [-0.4, -0.2) is 37.5 Å². The maximum atomic E-state index is 11.7. The number of aryl methyl sites for hydroxylation is 1. The molecule has 0 aliphatic rings. The third-order valence-corrected chi connectivity index (χ3v) is 4.01. The summed E-state index contributed by atoms with van der Waals surface area (Å²) in [6, 6.07) is 1.69. The zero-order valence-corrected chi connectivity index (χ0v) is 11.0. The SMILES string of the molecule is COc1cc(C)c(CS(=O)(=O)CC(C)O)cn1. The molecule has 0 saturated heterocycles. The fraction of sp³-hybridized carbons (Fsp3) is 0.545. The molecular formula is C11H17NO4S. The zero-order chi connectivity index (χ0) is 13.1. The molecule has 0 amide bonds. The molecule has 0 saturated carbocycles. The predicted octanol–water partition coefficient (Wildman–Crippen LogP) is 0.694. The number of hydrogen-bond acceptors (Lipinski definition) is 5. The van der Waals surface area contributed by atoms with Crippen LogP contribution in [0.15, 0.2) is 12.3 Å². The molecule has 0 fully saturated rings. The van der Waals surface area contributed by atoms with Gasteiger partial charge in [0, 0.05) is 12.3 Å². The monoisotopic (exact) mass is 259 g/mol. The van der Waals surface area contributed by atoms with E-state index in [9.17, 15) is 8.42 Å². The van der Waals surface area contributed by atoms with Gasteiger partial charge in [-0.2, -0.15) is 0 Å². The molecule has 1 heterocycles. The quantitative estimate of drug-likeness (QED) is 0.842. The fourth-order valence-electron chi connectivity index (χ4n) is 1.48. The van der Waals surface area contributed by atoms with E-state index in [2.05, 4.69) is 4.98 Å². The number of aromatic nitrogens is 1. The Morgan fingerprint density at radius 3 is 2.65 bits per heavy atom. The smallest absolute Gasteiger partial charge is 0.213 e. The first kappa shape index (κ1) is 13.9. The highest BCUT2D eigenvalue weighted by atomic mass is 32.2. The Kier molecular flexibility index (Phi) is 4.47. The van der Waals surface area contributed by atoms with Crippen molar-refractivity contribution in [2.75, 3.05) is 12.9 Å². The summed E-state index contributed by atoms with van der Waals surface area (Å²) in [7, 11) is -1.80. The van der Waals surface area contributed by atoms with Crippen LogP contribution in [0.2, 0.25) is 0 Å². The van der Waals surface area contributed by atoms with Crippen LogP contribution in [0, 0.1) is 6.92 Å². The maximum absolute atomic E-state index is 11.7. The maximum Gasteiger partial charge on any atom is 0.213 e. The summed E-state index contributed by atoms with van der Waals surface area (Å²) in [5.74, 6) is 0.110. The Morgan fingerprint density at radius 2 is 2.18 bits per heavy atom. The third kappa shape index (κ3) is 4.32. The van der Waals surface area contributed by atoms with Gasteiger partial charge in [0.15, 0.2) is 9.84 Å². The summed E-state index contributed by atoms with van der Waals surface area (Å²) >= 11 is 0. The van der Waals surface area contributed by atoms with E-state index in [1.54, 1.807) is 13.0 Å². The average molecular weight is 259 g/mol. The molecule has 0 spiro atoms. The van der Waals surface area contributed by atoms with Crippen LogP contribution in [0.5, 0.6) is 5.88 Å². The molecule has 1 aromatic rings. The summed E-state index contributed by atoms with van der Waals surface area (Å²) in [6.45, 7) is 3.26. The molecule has 1 aromatic heterocycles. The van der Waals surface area contributed by atoms with Crippen LogP contribution in [0.25, 0.3) is 0 Å². The molecule has 96 valence electrons. The second-order valence-electron chi connectivity index (χ2n) is 4.06. The van der Waals surface area contributed by atoms with E-state index in [0.717, 1.165) is 5.56 Å². The highest BCUT2D eigenvalue weighted by molar-refractivity contribution is 7.90. The normalized spacial score (nSPS) is 13.4. The minimum atomic E-state index is -3.31. The molecule has 1 unspecified atom stereocenters. The van der Waals surface area contributed by atoms with Crippen LogP contribution in [-0.2, 0) is 15.6 Å². The summed E-state index contributed by atoms with van der Waals surface area (Å²) < 4.78 is 28.3. The lowest BCUT2D eigenvalue weighted by Crippen LogP contribution is -2.19. The van der Waals surface area contributed by atoms with Crippen molar-refractivity contribution < 1.29 is 18.3 Å². The second-order valence-corrected chi connectivity index (χ2v) is 6.17. The third-order valence-electron chi connectivity index (χ3n) is 2.27. The number of aliphatic hydroxyl groups is 1. The molecule has 1 atom stereocenters. The molecule has 1 rings (SSSR count). The number of sulfone groups is 1. The summed E-state index contributed by atoms with van der Waals surface area (Å²) in [6.07, 6.45) is 0.639. The number of nitrogens with zero attached hydrogens (tertiary/aromatic N) is 1. The van der Waals surface area contributed by atoms with Crippen LogP contribution >= 0.6 is 0 Å². The van der Waals surface area contributed by atoms with Gasteiger partial charge in [-0.25, -0.2) is 13.4 Å². The molecule has 0 aliphatic heterocycles. The summed E-state index contributed by atoms with van der Waals surface area (Å²) in [4.78, 5) is 3.97. The van der Waals surface area contributed by atoms with E-state index in [1.807, 2.05) is 0 Å². The lowest BCUT2D eigenvalue weighted by atomic mass is 10.2. The summed E-state index contributed by atoms with van der Waals surface area (Å²) in [5, 5.41) is 9.10. The fourth-order valence-corrected chi connectivity index (χ4v) is 3.11. The molecular weight excluding hydrogens is 242 g/mol. The molecule has 0 aliphatic carbocycles. The van der Waals surface area contributed by atoms with E-state index in [-0.39, 0.29) is 11.5 Å². The highest BCUT2D eigenvalue weighted by Gasteiger charge is 2.16. The standard InChI is InChI=1S/C11H17NO4S/c1-8-4-11(16-3)12-5-10(8)7-17(14,15)6-9(2)13/h4-5,9,13H,6-7H2,1-3H3. The van der Waals surface area contributed by atoms with Crippen molar-refractivity contribution >= 4 is 9.84 Å². The minimum Gasteiger partial charge on any atom is -0.481 e. The van der Waals surface area contributed by atoms with Gasteiger partial charge in [0.25, 0.3) is 0 Å². The molecule has 0 radical (unpaired) electrons. The molecule has 6 heteroatoms. The largest absolute Gasteiger partial charge is 0.481 e. The molecule has 1 N–H and O–H groups in total. The van der Waals surface area contributed by atoms with E-state index >= 15 is 0 Å². The minimum absolute atomic E-state index is 0.110. The first-order valence-corrected chi connectivity index (χ1v) is 7.04. The lowest BCUT2D eigenvalue weighted by molar-refractivity contribution is 0.218. The van der Waals surface area contributed by atoms with E-state index in [0.29, 0.717) is 11.4 Å². The first-order valence-electron chi connectivity index (χ1n) is 5.22. The highest BCUT2D eigenvalue weighted by Crippen LogP contribution is 2.16. The van der Waals surface area contributed by atoms with Crippen molar-refractivity contribution in [3.8, 4) is 5.88 Å². The number of aliphatic hydroxyl groups excluding tert-OH is 1. The van der Waals surface area contributed by atoms with Crippen molar-refractivity contribution in [3.63, 3.8) is 0 Å². The zero-order valence-electron chi connectivity index (χ0n) is 10.2. The molecule has 0 aromatic carbocycles. The Bertz CT molecular complexity index is 482. The Balaban J connectivity index is 2.89. The van der Waals surface area contributed by atoms with Crippen LogP contribution < -0.4 is 4.74 Å². The second kappa shape index (κ2) is 5.46. The topological polar surface area (TPSA) is 76.5 Å². The molecule has 0 bridgehead atoms. The molecule has 17 heavy (non-hydrogen) atoms. The van der Waals surface area contributed by atoms with Crippen molar-refractivity contribution in [1.29, 1.82) is 0 Å². The molecule has 5 nitrogen and oxygen atoms in total. The lowest BCUT2D eigenvalue weighted by Gasteiger charge is -2.09. The number of rotatable bonds is 5. The average Bonchev–Trinajstić information content (AvgIpc) is 2.18. The van der Waals surface area contributed by atoms with Gasteiger partial charge in [0.2, 0.25) is 5.88 Å². The number of pyridine rings is 1. The first-order chi connectivity index (χ1) is 7.84. The van der Waals surface area contributed by atoms with E-state index < -0.39 is 15.9 Å². The van der Waals surface area contributed by atoms with Gasteiger partial charge in [-0.1, -0.05) is 0 Å². The van der Waals surface area contributed by atoms with Crippen molar-refractivity contribution in [2.24, 2.45) is 0 Å². The Labute approximate surface area is 101 Å². The van der Waals surface area contributed by atoms with Crippen LogP contribution in [0.3, 0.4) is 0 Å². The Morgan fingerprint density at radius 1 is 1.53 bits per heavy atom. The van der Waals surface area contributed by atoms with Crippen molar-refractivity contribution in [3.05, 3.63) is 23.4 Å². The number of ether oxygens (including phenoxy) is 1. The number of hydrogen-bond donors (Lipinski definition) is 1. The van der Waals surface area contributed by atoms with Gasteiger partial charge in [0.05, 0.1) is 24.7 Å². The van der Waals surface area contributed by atoms with Gasteiger partial charge in [-0.15, -0.1) is 0 Å².